The summed E-state index contributed by atoms with van der Waals surface area (Å²) in [5.74, 6) is 0. The summed E-state index contributed by atoms with van der Waals surface area (Å²) >= 11 is 5.76. The smallest absolute Gasteiger partial charge is 0.145 e. The van der Waals surface area contributed by atoms with Gasteiger partial charge in [-0.2, -0.15) is 0 Å². The van der Waals surface area contributed by atoms with E-state index in [0.717, 1.165) is 12.2 Å². The topological polar surface area (TPSA) is 24.5 Å². The normalized spacial score (nSPS) is 26.5. The molecule has 0 aliphatic carbocycles. The lowest BCUT2D eigenvalue weighted by Crippen LogP contribution is -2.47. The maximum absolute atomic E-state index is 5.76. The number of halogens is 1. The molecule has 0 aromatic carbocycles. The summed E-state index contributed by atoms with van der Waals surface area (Å²) in [7, 11) is 0. The Labute approximate surface area is 71.9 Å². The first-order valence-corrected chi connectivity index (χ1v) is 4.05. The summed E-state index contributed by atoms with van der Waals surface area (Å²) in [5, 5.41) is 2.00. The van der Waals surface area contributed by atoms with Crippen LogP contribution in [0.5, 0.6) is 0 Å². The molecule has 3 nitrogen and oxygen atoms in total. The minimum absolute atomic E-state index is 0.199. The monoisotopic (exact) mass is 176 g/mol. The van der Waals surface area contributed by atoms with E-state index in [1.54, 1.807) is 0 Å². The predicted molar refractivity (Wildman–Crippen MR) is 45.1 cm³/mol. The molecular formula is C7H13ClN2O. The highest BCUT2D eigenvalue weighted by Crippen LogP contribution is 2.06. The van der Waals surface area contributed by atoms with Crippen LogP contribution in [0.15, 0.2) is 12.3 Å². The van der Waals surface area contributed by atoms with Crippen LogP contribution < -0.4 is 5.43 Å². The number of hydrogen-bond acceptors (Lipinski definition) is 3. The van der Waals surface area contributed by atoms with Gasteiger partial charge < -0.3 is 10.2 Å². The van der Waals surface area contributed by atoms with Gasteiger partial charge in [-0.05, 0) is 6.92 Å². The minimum atomic E-state index is -0.199. The number of hydrazine groups is 1. The first kappa shape index (κ1) is 8.84. The lowest BCUT2D eigenvalue weighted by molar-refractivity contribution is -0.00312. The van der Waals surface area contributed by atoms with Gasteiger partial charge in [-0.15, -0.1) is 0 Å². The maximum atomic E-state index is 5.76. The molecule has 0 amide bonds. The summed E-state index contributed by atoms with van der Waals surface area (Å²) < 4.78 is 5.14. The molecule has 0 bridgehead atoms. The van der Waals surface area contributed by atoms with Gasteiger partial charge in [0.25, 0.3) is 0 Å². The second kappa shape index (κ2) is 3.95. The molecule has 0 radical (unpaired) electrons. The van der Waals surface area contributed by atoms with Crippen LogP contribution in [0.1, 0.15) is 6.92 Å². The molecule has 1 unspecified atom stereocenters. The quantitative estimate of drug-likeness (QED) is 0.634. The number of nitrogens with zero attached hydrogens (tertiary/aromatic N) is 1. The van der Waals surface area contributed by atoms with E-state index in [4.69, 9.17) is 16.3 Å². The summed E-state index contributed by atoms with van der Waals surface area (Å²) in [6.45, 7) is 7.89. The van der Waals surface area contributed by atoms with Crippen molar-refractivity contribution >= 4 is 11.6 Å². The minimum Gasteiger partial charge on any atom is -0.360 e. The average molecular weight is 177 g/mol. The van der Waals surface area contributed by atoms with Crippen LogP contribution in [-0.4, -0.2) is 30.3 Å². The third-order valence-electron chi connectivity index (χ3n) is 1.37. The third kappa shape index (κ3) is 3.10. The molecule has 1 atom stereocenters. The molecule has 0 aromatic rings. The van der Waals surface area contributed by atoms with Gasteiger partial charge >= 0.3 is 0 Å². The standard InChI is InChI=1S/C7H13ClN2O/c1-6(2)9-10-3-4-11-7(8)5-10/h7,9H,1,3-5H2,2H3. The summed E-state index contributed by atoms with van der Waals surface area (Å²) in [6, 6.07) is 0. The second-order valence-corrected chi connectivity index (χ2v) is 3.11. The van der Waals surface area contributed by atoms with Crippen molar-refractivity contribution in [2.75, 3.05) is 19.7 Å². The van der Waals surface area contributed by atoms with Crippen molar-refractivity contribution in [2.45, 2.75) is 12.5 Å². The Balaban J connectivity index is 2.28. The maximum Gasteiger partial charge on any atom is 0.145 e. The zero-order valence-electron chi connectivity index (χ0n) is 6.64. The number of hydrogen-bond donors (Lipinski definition) is 1. The van der Waals surface area contributed by atoms with Crippen molar-refractivity contribution in [1.82, 2.24) is 10.4 Å². The van der Waals surface area contributed by atoms with E-state index >= 15 is 0 Å². The van der Waals surface area contributed by atoms with Crippen molar-refractivity contribution in [1.29, 1.82) is 0 Å². The van der Waals surface area contributed by atoms with E-state index in [-0.39, 0.29) is 5.56 Å². The van der Waals surface area contributed by atoms with Gasteiger partial charge in [0.1, 0.15) is 5.56 Å². The predicted octanol–water partition coefficient (Wildman–Crippen LogP) is 0.922. The molecule has 1 aliphatic rings. The number of rotatable bonds is 2. The van der Waals surface area contributed by atoms with Crippen LogP contribution in [0.2, 0.25) is 0 Å². The Morgan fingerprint density at radius 3 is 3.09 bits per heavy atom. The molecule has 4 heteroatoms. The highest BCUT2D eigenvalue weighted by molar-refractivity contribution is 6.19. The Morgan fingerprint density at radius 1 is 1.82 bits per heavy atom. The van der Waals surface area contributed by atoms with Crippen LogP contribution >= 0.6 is 11.6 Å². The fraction of sp³-hybridized carbons (Fsp3) is 0.714. The van der Waals surface area contributed by atoms with Crippen molar-refractivity contribution in [2.24, 2.45) is 0 Å². The van der Waals surface area contributed by atoms with Gasteiger partial charge in [-0.25, -0.2) is 5.01 Å². The van der Waals surface area contributed by atoms with Gasteiger partial charge in [0.05, 0.1) is 13.2 Å². The van der Waals surface area contributed by atoms with Gasteiger partial charge in [-0.3, -0.25) is 0 Å². The van der Waals surface area contributed by atoms with Crippen LogP contribution in [0.4, 0.5) is 0 Å². The van der Waals surface area contributed by atoms with Crippen LogP contribution in [-0.2, 0) is 4.74 Å². The zero-order valence-corrected chi connectivity index (χ0v) is 7.40. The fourth-order valence-electron chi connectivity index (χ4n) is 0.979. The van der Waals surface area contributed by atoms with E-state index in [0.29, 0.717) is 13.2 Å². The summed E-state index contributed by atoms with van der Waals surface area (Å²) in [5.41, 5.74) is 3.81. The Morgan fingerprint density at radius 2 is 2.55 bits per heavy atom. The third-order valence-corrected chi connectivity index (χ3v) is 1.64. The molecule has 64 valence electrons. The molecule has 1 fully saturated rings. The van der Waals surface area contributed by atoms with Crippen molar-refractivity contribution in [3.63, 3.8) is 0 Å². The fourth-order valence-corrected chi connectivity index (χ4v) is 1.24. The van der Waals surface area contributed by atoms with Crippen molar-refractivity contribution in [3.8, 4) is 0 Å². The summed E-state index contributed by atoms with van der Waals surface area (Å²) in [4.78, 5) is 0. The largest absolute Gasteiger partial charge is 0.360 e. The Bertz CT molecular complexity index is 151. The highest BCUT2D eigenvalue weighted by Gasteiger charge is 2.17. The van der Waals surface area contributed by atoms with Gasteiger partial charge in [0.2, 0.25) is 0 Å². The van der Waals surface area contributed by atoms with Crippen molar-refractivity contribution in [3.05, 3.63) is 12.3 Å². The van der Waals surface area contributed by atoms with E-state index in [1.165, 1.54) is 0 Å². The molecular weight excluding hydrogens is 164 g/mol. The molecule has 0 aromatic heterocycles. The van der Waals surface area contributed by atoms with E-state index < -0.39 is 0 Å². The van der Waals surface area contributed by atoms with Crippen LogP contribution in [0.25, 0.3) is 0 Å². The van der Waals surface area contributed by atoms with Crippen LogP contribution in [0, 0.1) is 0 Å². The molecule has 11 heavy (non-hydrogen) atoms. The SMILES string of the molecule is C=C(C)NN1CCOC(Cl)C1. The highest BCUT2D eigenvalue weighted by atomic mass is 35.5. The zero-order chi connectivity index (χ0) is 8.27. The molecule has 1 rings (SSSR count). The summed E-state index contributed by atoms with van der Waals surface area (Å²) in [6.07, 6.45) is 0. The van der Waals surface area contributed by atoms with E-state index in [1.807, 2.05) is 11.9 Å². The first-order valence-electron chi connectivity index (χ1n) is 3.61. The lowest BCUT2D eigenvalue weighted by atomic mass is 10.5. The number of alkyl halides is 1. The van der Waals surface area contributed by atoms with Gasteiger partial charge in [-0.1, -0.05) is 18.2 Å². The van der Waals surface area contributed by atoms with E-state index in [9.17, 15) is 0 Å². The lowest BCUT2D eigenvalue weighted by Gasteiger charge is -2.30. The average Bonchev–Trinajstić information content (AvgIpc) is 1.85. The number of morpholine rings is 1. The van der Waals surface area contributed by atoms with Gasteiger partial charge in [0.15, 0.2) is 0 Å². The number of nitrogens with one attached hydrogen (secondary N) is 1. The first-order chi connectivity index (χ1) is 5.18. The van der Waals surface area contributed by atoms with Gasteiger partial charge in [0, 0.05) is 12.2 Å². The molecule has 0 saturated carbocycles. The second-order valence-electron chi connectivity index (χ2n) is 2.62. The van der Waals surface area contributed by atoms with E-state index in [2.05, 4.69) is 12.0 Å². The number of allylic oxidation sites excluding steroid dienone is 1. The molecule has 1 N–H and O–H groups in total. The Hall–Kier alpha value is -0.250. The molecule has 1 saturated heterocycles. The molecule has 1 heterocycles. The Kier molecular flexibility index (Phi) is 3.17. The molecule has 0 spiro atoms. The molecule has 1 aliphatic heterocycles. The van der Waals surface area contributed by atoms with Crippen molar-refractivity contribution < 1.29 is 4.74 Å². The van der Waals surface area contributed by atoms with Crippen LogP contribution in [0.3, 0.4) is 0 Å². The number of ether oxygens (including phenoxy) is 1.